The van der Waals surface area contributed by atoms with Crippen molar-refractivity contribution in [2.45, 2.75) is 32.6 Å². The van der Waals surface area contributed by atoms with Gasteiger partial charge in [-0.25, -0.2) is 4.79 Å². The molecule has 1 saturated heterocycles. The van der Waals surface area contributed by atoms with Crippen molar-refractivity contribution >= 4 is 22.5 Å². The fourth-order valence-electron chi connectivity index (χ4n) is 4.44. The lowest BCUT2D eigenvalue weighted by Gasteiger charge is -2.20. The quantitative estimate of drug-likeness (QED) is 0.581. The number of nitrogens with one attached hydrogen (secondary N) is 1. The molecule has 0 radical (unpaired) electrons. The maximum absolute atomic E-state index is 12.6. The number of carbonyl (C=O) groups excluding carboxylic acids is 1. The third-order valence-corrected chi connectivity index (χ3v) is 5.88. The summed E-state index contributed by atoms with van der Waals surface area (Å²) in [6.07, 6.45) is 2.19. The van der Waals surface area contributed by atoms with E-state index in [1.807, 2.05) is 36.1 Å². The molecule has 28 heavy (non-hydrogen) atoms. The molecule has 0 aromatic heterocycles. The summed E-state index contributed by atoms with van der Waals surface area (Å²) in [6.45, 7) is 6.03. The molecule has 1 N–H and O–H groups in total. The van der Waals surface area contributed by atoms with Crippen molar-refractivity contribution in [3.05, 3.63) is 77.9 Å². The predicted molar refractivity (Wildman–Crippen MR) is 117 cm³/mol. The molecule has 3 heteroatoms. The van der Waals surface area contributed by atoms with E-state index in [1.165, 1.54) is 16.3 Å². The predicted octanol–water partition coefficient (Wildman–Crippen LogP) is 6.20. The van der Waals surface area contributed by atoms with Crippen LogP contribution in [0.25, 0.3) is 10.8 Å². The van der Waals surface area contributed by atoms with Gasteiger partial charge in [0, 0.05) is 18.8 Å². The van der Waals surface area contributed by atoms with E-state index in [0.29, 0.717) is 11.8 Å². The van der Waals surface area contributed by atoms with Crippen LogP contribution in [0.1, 0.15) is 36.8 Å². The van der Waals surface area contributed by atoms with Gasteiger partial charge in [-0.2, -0.15) is 0 Å². The van der Waals surface area contributed by atoms with E-state index in [-0.39, 0.29) is 6.03 Å². The van der Waals surface area contributed by atoms with Gasteiger partial charge in [0.15, 0.2) is 0 Å². The number of benzene rings is 3. The summed E-state index contributed by atoms with van der Waals surface area (Å²) >= 11 is 0. The SMILES string of the molecule is Cc1cccc(NC(=O)N2CC[C@H](C[C@H](C)c3cccc4ccccc34)C2)c1. The number of anilines is 1. The van der Waals surface area contributed by atoms with Gasteiger partial charge in [0.05, 0.1) is 0 Å². The molecular weight excluding hydrogens is 344 g/mol. The lowest BCUT2D eigenvalue weighted by Crippen LogP contribution is -2.33. The number of aryl methyl sites for hydroxylation is 1. The molecule has 1 aliphatic rings. The molecule has 0 aliphatic carbocycles. The summed E-state index contributed by atoms with van der Waals surface area (Å²) < 4.78 is 0. The molecule has 0 bridgehead atoms. The van der Waals surface area contributed by atoms with Crippen molar-refractivity contribution in [3.63, 3.8) is 0 Å². The number of likely N-dealkylation sites (tertiary alicyclic amines) is 1. The van der Waals surface area contributed by atoms with Crippen molar-refractivity contribution < 1.29 is 4.79 Å². The van der Waals surface area contributed by atoms with E-state index < -0.39 is 0 Å². The lowest BCUT2D eigenvalue weighted by atomic mass is 9.87. The summed E-state index contributed by atoms with van der Waals surface area (Å²) in [7, 11) is 0. The first-order valence-electron chi connectivity index (χ1n) is 10.2. The summed E-state index contributed by atoms with van der Waals surface area (Å²) in [5.41, 5.74) is 3.44. The van der Waals surface area contributed by atoms with E-state index >= 15 is 0 Å². The number of urea groups is 1. The Balaban J connectivity index is 1.38. The minimum Gasteiger partial charge on any atom is -0.324 e. The zero-order valence-electron chi connectivity index (χ0n) is 16.7. The number of amides is 2. The minimum absolute atomic E-state index is 0.0194. The number of fused-ring (bicyclic) bond motifs is 1. The first-order valence-corrected chi connectivity index (χ1v) is 10.2. The van der Waals surface area contributed by atoms with E-state index in [2.05, 4.69) is 54.7 Å². The van der Waals surface area contributed by atoms with Gasteiger partial charge in [0.1, 0.15) is 0 Å². The molecular formula is C25H28N2O. The van der Waals surface area contributed by atoms with Gasteiger partial charge in [0.2, 0.25) is 0 Å². The Morgan fingerprint density at radius 2 is 1.89 bits per heavy atom. The van der Waals surface area contributed by atoms with Crippen molar-refractivity contribution in [2.75, 3.05) is 18.4 Å². The number of rotatable bonds is 4. The highest BCUT2D eigenvalue weighted by atomic mass is 16.2. The van der Waals surface area contributed by atoms with Crippen molar-refractivity contribution in [1.29, 1.82) is 0 Å². The summed E-state index contributed by atoms with van der Waals surface area (Å²) in [5, 5.41) is 5.70. The average molecular weight is 373 g/mol. The van der Waals surface area contributed by atoms with Gasteiger partial charge >= 0.3 is 6.03 Å². The fraction of sp³-hybridized carbons (Fsp3) is 0.320. The molecule has 1 heterocycles. The first-order chi connectivity index (χ1) is 13.6. The van der Waals surface area contributed by atoms with E-state index in [4.69, 9.17) is 0 Å². The van der Waals surface area contributed by atoms with Gasteiger partial charge in [-0.1, -0.05) is 61.5 Å². The van der Waals surface area contributed by atoms with Crippen LogP contribution >= 0.6 is 0 Å². The molecule has 0 spiro atoms. The Labute approximate surface area is 167 Å². The van der Waals surface area contributed by atoms with Crippen LogP contribution in [0.3, 0.4) is 0 Å². The average Bonchev–Trinajstić information content (AvgIpc) is 3.16. The second-order valence-corrected chi connectivity index (χ2v) is 8.11. The van der Waals surface area contributed by atoms with Crippen molar-refractivity contribution in [3.8, 4) is 0 Å². The number of hydrogen-bond donors (Lipinski definition) is 1. The van der Waals surface area contributed by atoms with Crippen LogP contribution in [-0.4, -0.2) is 24.0 Å². The van der Waals surface area contributed by atoms with E-state index in [9.17, 15) is 4.79 Å². The second-order valence-electron chi connectivity index (χ2n) is 8.11. The fourth-order valence-corrected chi connectivity index (χ4v) is 4.44. The normalized spacial score (nSPS) is 17.6. The molecule has 2 amide bonds. The number of nitrogens with zero attached hydrogens (tertiary/aromatic N) is 1. The van der Waals surface area contributed by atoms with Crippen LogP contribution in [0, 0.1) is 12.8 Å². The zero-order valence-corrected chi connectivity index (χ0v) is 16.7. The molecule has 3 aromatic rings. The molecule has 0 saturated carbocycles. The third kappa shape index (κ3) is 4.04. The Hall–Kier alpha value is -2.81. The highest BCUT2D eigenvalue weighted by Gasteiger charge is 2.28. The van der Waals surface area contributed by atoms with E-state index in [0.717, 1.165) is 37.2 Å². The second kappa shape index (κ2) is 8.05. The standard InChI is InChI=1S/C25H28N2O/c1-18-7-5-10-22(15-18)26-25(28)27-14-13-20(17-27)16-19(2)23-12-6-9-21-8-3-4-11-24(21)23/h3-12,15,19-20H,13-14,16-17H2,1-2H3,(H,26,28)/t19-,20+/m0/s1. The van der Waals surface area contributed by atoms with Gasteiger partial charge in [-0.05, 0) is 65.6 Å². The van der Waals surface area contributed by atoms with Crippen LogP contribution in [0.2, 0.25) is 0 Å². The van der Waals surface area contributed by atoms with Crippen LogP contribution in [0.4, 0.5) is 10.5 Å². The molecule has 3 nitrogen and oxygen atoms in total. The molecule has 1 aliphatic heterocycles. The van der Waals surface area contributed by atoms with Gasteiger partial charge in [0.25, 0.3) is 0 Å². The largest absolute Gasteiger partial charge is 0.324 e. The maximum atomic E-state index is 12.6. The van der Waals surface area contributed by atoms with Crippen LogP contribution in [0.15, 0.2) is 66.7 Å². The Bertz CT molecular complexity index is 976. The molecule has 0 unspecified atom stereocenters. The molecule has 3 aromatic carbocycles. The Morgan fingerprint density at radius 1 is 1.11 bits per heavy atom. The van der Waals surface area contributed by atoms with Crippen molar-refractivity contribution in [1.82, 2.24) is 4.90 Å². The monoisotopic (exact) mass is 372 g/mol. The smallest absolute Gasteiger partial charge is 0.321 e. The number of hydrogen-bond acceptors (Lipinski definition) is 1. The van der Waals surface area contributed by atoms with Crippen molar-refractivity contribution in [2.24, 2.45) is 5.92 Å². The first kappa shape index (κ1) is 18.5. The summed E-state index contributed by atoms with van der Waals surface area (Å²) in [6, 6.07) is 23.2. The number of carbonyl (C=O) groups is 1. The molecule has 2 atom stereocenters. The Kier molecular flexibility index (Phi) is 5.34. The Morgan fingerprint density at radius 3 is 2.75 bits per heavy atom. The topological polar surface area (TPSA) is 32.3 Å². The van der Waals surface area contributed by atoms with E-state index in [1.54, 1.807) is 0 Å². The highest BCUT2D eigenvalue weighted by Crippen LogP contribution is 2.33. The van der Waals surface area contributed by atoms with Gasteiger partial charge in [-0.3, -0.25) is 0 Å². The maximum Gasteiger partial charge on any atom is 0.321 e. The minimum atomic E-state index is 0.0194. The highest BCUT2D eigenvalue weighted by molar-refractivity contribution is 5.89. The molecule has 144 valence electrons. The van der Waals surface area contributed by atoms with Gasteiger partial charge in [-0.15, -0.1) is 0 Å². The molecule has 4 rings (SSSR count). The van der Waals surface area contributed by atoms with Crippen LogP contribution < -0.4 is 5.32 Å². The summed E-state index contributed by atoms with van der Waals surface area (Å²) in [5.74, 6) is 1.04. The third-order valence-electron chi connectivity index (χ3n) is 5.88. The van der Waals surface area contributed by atoms with Crippen LogP contribution in [-0.2, 0) is 0 Å². The van der Waals surface area contributed by atoms with Gasteiger partial charge < -0.3 is 10.2 Å². The summed E-state index contributed by atoms with van der Waals surface area (Å²) in [4.78, 5) is 14.6. The zero-order chi connectivity index (χ0) is 19.5. The molecule has 1 fully saturated rings. The van der Waals surface area contributed by atoms with Crippen LogP contribution in [0.5, 0.6) is 0 Å². The lowest BCUT2D eigenvalue weighted by molar-refractivity contribution is 0.220.